The number of carbonyl (C=O) groups is 1. The van der Waals surface area contributed by atoms with Crippen molar-refractivity contribution >= 4 is 28.4 Å². The summed E-state index contributed by atoms with van der Waals surface area (Å²) in [6.07, 6.45) is 0.328. The number of anilines is 2. The van der Waals surface area contributed by atoms with E-state index in [-0.39, 0.29) is 35.6 Å². The number of amides is 1. The zero-order valence-electron chi connectivity index (χ0n) is 16.3. The maximum atomic E-state index is 14.4. The molecule has 6 nitrogen and oxygen atoms in total. The lowest BCUT2D eigenvalue weighted by Crippen LogP contribution is -2.31. The molecule has 1 aliphatic carbocycles. The normalized spacial score (nSPS) is 14.2. The van der Waals surface area contributed by atoms with Crippen LogP contribution in [0.3, 0.4) is 0 Å². The molecule has 3 aromatic rings. The van der Waals surface area contributed by atoms with Crippen LogP contribution >= 0.6 is 0 Å². The number of aromatic nitrogens is 3. The highest BCUT2D eigenvalue weighted by Crippen LogP contribution is 2.35. The van der Waals surface area contributed by atoms with Gasteiger partial charge in [-0.25, -0.2) is 14.4 Å². The Labute approximate surface area is 169 Å². The van der Waals surface area contributed by atoms with Gasteiger partial charge in [-0.15, -0.1) is 0 Å². The zero-order valence-corrected chi connectivity index (χ0v) is 16.3. The van der Waals surface area contributed by atoms with Crippen LogP contribution in [-0.2, 0) is 17.5 Å². The van der Waals surface area contributed by atoms with Crippen LogP contribution < -0.4 is 5.32 Å². The highest BCUT2D eigenvalue weighted by Gasteiger charge is 2.32. The summed E-state index contributed by atoms with van der Waals surface area (Å²) in [6.45, 7) is 1.48. The van der Waals surface area contributed by atoms with Gasteiger partial charge in [0.2, 0.25) is 5.91 Å². The third-order valence-electron chi connectivity index (χ3n) is 5.19. The number of alkyl halides is 3. The predicted octanol–water partition coefficient (Wildman–Crippen LogP) is 4.26. The van der Waals surface area contributed by atoms with Crippen LogP contribution in [0.5, 0.6) is 0 Å². The number of hydrogen-bond acceptors (Lipinski definition) is 4. The molecule has 1 saturated carbocycles. The first kappa shape index (κ1) is 20.1. The Morgan fingerprint density at radius 1 is 1.30 bits per heavy atom. The highest BCUT2D eigenvalue weighted by atomic mass is 19.4. The van der Waals surface area contributed by atoms with Crippen molar-refractivity contribution in [3.8, 4) is 0 Å². The summed E-state index contributed by atoms with van der Waals surface area (Å²) in [5.41, 5.74) is -0.0891. The Bertz CT molecular complexity index is 1100. The topological polar surface area (TPSA) is 63.1 Å². The van der Waals surface area contributed by atoms with Crippen molar-refractivity contribution in [3.63, 3.8) is 0 Å². The van der Waals surface area contributed by atoms with E-state index in [0.29, 0.717) is 17.1 Å². The number of imidazole rings is 1. The second-order valence-electron chi connectivity index (χ2n) is 7.41. The molecule has 4 rings (SSSR count). The fourth-order valence-corrected chi connectivity index (χ4v) is 3.32. The molecule has 0 saturated heterocycles. The summed E-state index contributed by atoms with van der Waals surface area (Å²) in [7, 11) is 1.77. The average Bonchev–Trinajstić information content (AvgIpc) is 3.45. The van der Waals surface area contributed by atoms with E-state index in [4.69, 9.17) is 0 Å². The highest BCUT2D eigenvalue weighted by molar-refractivity contribution is 5.89. The molecule has 2 aromatic heterocycles. The number of pyridine rings is 1. The van der Waals surface area contributed by atoms with Crippen molar-refractivity contribution in [1.29, 1.82) is 0 Å². The number of nitrogens with zero attached hydrogens (tertiary/aromatic N) is 4. The molecule has 30 heavy (non-hydrogen) atoms. The monoisotopic (exact) mass is 421 g/mol. The van der Waals surface area contributed by atoms with E-state index >= 15 is 0 Å². The molecular weight excluding hydrogens is 402 g/mol. The first-order valence-electron chi connectivity index (χ1n) is 9.35. The number of benzene rings is 1. The van der Waals surface area contributed by atoms with Crippen LogP contribution in [0.1, 0.15) is 24.0 Å². The van der Waals surface area contributed by atoms with Crippen molar-refractivity contribution in [2.75, 3.05) is 12.4 Å². The molecule has 1 N–H and O–H groups in total. The Morgan fingerprint density at radius 3 is 2.67 bits per heavy atom. The van der Waals surface area contributed by atoms with Crippen molar-refractivity contribution < 1.29 is 22.4 Å². The number of fused-ring (bicyclic) bond motifs is 1. The average molecular weight is 421 g/mol. The van der Waals surface area contributed by atoms with E-state index in [2.05, 4.69) is 15.3 Å². The van der Waals surface area contributed by atoms with Gasteiger partial charge in [0.25, 0.3) is 0 Å². The van der Waals surface area contributed by atoms with E-state index < -0.39 is 17.6 Å². The fraction of sp³-hybridized carbons (Fsp3) is 0.350. The fourth-order valence-electron chi connectivity index (χ4n) is 3.32. The summed E-state index contributed by atoms with van der Waals surface area (Å²) < 4.78 is 54.7. The molecule has 0 spiro atoms. The standard InChI is InChI=1S/C20H19F4N5O/c1-11-7-12(20(22,23)24)8-14(21)17(11)27-19-18-15(5-6-25-19)29(10-26-18)9-16(30)28(2)13-3-4-13/h5-8,10,13H,3-4,9H2,1-2H3,(H,25,27). The van der Waals surface area contributed by atoms with Gasteiger partial charge in [-0.05, 0) is 43.5 Å². The van der Waals surface area contributed by atoms with Gasteiger partial charge in [-0.3, -0.25) is 4.79 Å². The summed E-state index contributed by atoms with van der Waals surface area (Å²) >= 11 is 0. The lowest BCUT2D eigenvalue weighted by atomic mass is 10.1. The van der Waals surface area contributed by atoms with Gasteiger partial charge in [0.1, 0.15) is 17.9 Å². The number of aryl methyl sites for hydroxylation is 1. The second-order valence-corrected chi connectivity index (χ2v) is 7.41. The Balaban J connectivity index is 1.63. The molecule has 1 amide bonds. The van der Waals surface area contributed by atoms with Crippen LogP contribution in [0.4, 0.5) is 29.1 Å². The van der Waals surface area contributed by atoms with Crippen molar-refractivity contribution in [2.24, 2.45) is 0 Å². The first-order chi connectivity index (χ1) is 14.1. The van der Waals surface area contributed by atoms with Crippen molar-refractivity contribution in [2.45, 2.75) is 38.5 Å². The summed E-state index contributed by atoms with van der Waals surface area (Å²) in [5, 5.41) is 2.76. The van der Waals surface area contributed by atoms with E-state index in [1.54, 1.807) is 22.6 Å². The van der Waals surface area contributed by atoms with E-state index in [9.17, 15) is 22.4 Å². The van der Waals surface area contributed by atoms with Crippen LogP contribution in [0.2, 0.25) is 0 Å². The smallest absolute Gasteiger partial charge is 0.341 e. The van der Waals surface area contributed by atoms with E-state index in [1.807, 2.05) is 0 Å². The third kappa shape index (κ3) is 3.81. The predicted molar refractivity (Wildman–Crippen MR) is 103 cm³/mol. The maximum Gasteiger partial charge on any atom is 0.416 e. The zero-order chi connectivity index (χ0) is 21.6. The number of rotatable bonds is 5. The lowest BCUT2D eigenvalue weighted by molar-refractivity contribution is -0.137. The molecule has 10 heteroatoms. The quantitative estimate of drug-likeness (QED) is 0.626. The molecule has 0 atom stereocenters. The van der Waals surface area contributed by atoms with Gasteiger partial charge in [0.15, 0.2) is 5.82 Å². The minimum atomic E-state index is -4.64. The third-order valence-corrected chi connectivity index (χ3v) is 5.19. The largest absolute Gasteiger partial charge is 0.416 e. The van der Waals surface area contributed by atoms with Gasteiger partial charge < -0.3 is 14.8 Å². The number of hydrogen-bond donors (Lipinski definition) is 1. The van der Waals surface area contributed by atoms with Crippen LogP contribution in [0, 0.1) is 12.7 Å². The number of nitrogens with one attached hydrogen (secondary N) is 1. The Kier molecular flexibility index (Phi) is 4.87. The molecule has 0 bridgehead atoms. The summed E-state index contributed by atoms with van der Waals surface area (Å²) in [5.74, 6) is -0.898. The maximum absolute atomic E-state index is 14.4. The molecule has 158 valence electrons. The SMILES string of the molecule is Cc1cc(C(F)(F)F)cc(F)c1Nc1nccc2c1ncn2CC(=O)N(C)C1CC1. The lowest BCUT2D eigenvalue weighted by Gasteiger charge is -2.16. The molecule has 1 aliphatic rings. The Hall–Kier alpha value is -3.17. The van der Waals surface area contributed by atoms with Crippen molar-refractivity contribution in [3.05, 3.63) is 47.7 Å². The van der Waals surface area contributed by atoms with E-state index in [1.165, 1.54) is 19.4 Å². The second kappa shape index (κ2) is 7.26. The number of likely N-dealkylation sites (N-methyl/N-ethyl adjacent to an activating group) is 1. The first-order valence-corrected chi connectivity index (χ1v) is 9.35. The van der Waals surface area contributed by atoms with E-state index in [0.717, 1.165) is 18.9 Å². The molecule has 2 heterocycles. The molecule has 0 radical (unpaired) electrons. The van der Waals surface area contributed by atoms with Crippen molar-refractivity contribution in [1.82, 2.24) is 19.4 Å². The number of carbonyl (C=O) groups excluding carboxylic acids is 1. The Morgan fingerprint density at radius 2 is 2.03 bits per heavy atom. The molecule has 1 aromatic carbocycles. The van der Waals surface area contributed by atoms with Gasteiger partial charge >= 0.3 is 6.18 Å². The van der Waals surface area contributed by atoms with Crippen LogP contribution in [0.25, 0.3) is 11.0 Å². The molecular formula is C20H19F4N5O. The summed E-state index contributed by atoms with van der Waals surface area (Å²) in [6, 6.07) is 3.28. The molecule has 1 fully saturated rings. The molecule has 0 aliphatic heterocycles. The van der Waals surface area contributed by atoms with Crippen LogP contribution in [0.15, 0.2) is 30.7 Å². The number of halogens is 4. The summed E-state index contributed by atoms with van der Waals surface area (Å²) in [4.78, 5) is 22.6. The van der Waals surface area contributed by atoms with Gasteiger partial charge in [0.05, 0.1) is 23.1 Å². The minimum Gasteiger partial charge on any atom is -0.341 e. The van der Waals surface area contributed by atoms with Crippen LogP contribution in [-0.4, -0.2) is 38.4 Å². The minimum absolute atomic E-state index is 0.0484. The van der Waals surface area contributed by atoms with Gasteiger partial charge in [0, 0.05) is 19.3 Å². The van der Waals surface area contributed by atoms with Gasteiger partial charge in [-0.2, -0.15) is 13.2 Å². The van der Waals surface area contributed by atoms with Gasteiger partial charge in [-0.1, -0.05) is 0 Å². The molecule has 0 unspecified atom stereocenters.